The summed E-state index contributed by atoms with van der Waals surface area (Å²) in [5.74, 6) is -2.20. The molecule has 30 heavy (non-hydrogen) atoms. The fourth-order valence-electron chi connectivity index (χ4n) is 2.92. The smallest absolute Gasteiger partial charge is 0.317 e. The lowest BCUT2D eigenvalue weighted by Gasteiger charge is -2.26. The number of nitrogens with zero attached hydrogens (tertiary/aromatic N) is 2. The summed E-state index contributed by atoms with van der Waals surface area (Å²) in [4.78, 5) is 25.6. The van der Waals surface area contributed by atoms with Crippen LogP contribution in [0.2, 0.25) is 10.0 Å². The SMILES string of the molecule is O=C(O)CN(CCN(CC(=O)O)Cc1ccc(Cl)cc1O)Cc1ccc(Cl)cc1O. The topological polar surface area (TPSA) is 122 Å². The molecule has 0 atom stereocenters. The lowest BCUT2D eigenvalue weighted by Crippen LogP contribution is -2.39. The zero-order chi connectivity index (χ0) is 22.3. The van der Waals surface area contributed by atoms with Crippen molar-refractivity contribution in [1.82, 2.24) is 9.80 Å². The highest BCUT2D eigenvalue weighted by Gasteiger charge is 2.17. The highest BCUT2D eigenvalue weighted by atomic mass is 35.5. The van der Waals surface area contributed by atoms with Crippen molar-refractivity contribution in [2.75, 3.05) is 26.2 Å². The number of hydrogen-bond donors (Lipinski definition) is 4. The van der Waals surface area contributed by atoms with Crippen LogP contribution in [-0.4, -0.2) is 68.3 Å². The summed E-state index contributed by atoms with van der Waals surface area (Å²) in [7, 11) is 0. The van der Waals surface area contributed by atoms with Gasteiger partial charge >= 0.3 is 11.9 Å². The minimum absolute atomic E-state index is 0.0497. The largest absolute Gasteiger partial charge is 0.508 e. The number of carbonyl (C=O) groups is 2. The molecule has 10 heteroatoms. The second-order valence-electron chi connectivity index (χ2n) is 6.75. The van der Waals surface area contributed by atoms with E-state index in [-0.39, 0.29) is 50.8 Å². The molecule has 0 spiro atoms. The predicted octanol–water partition coefficient (Wildman–Crippen LogP) is 2.88. The van der Waals surface area contributed by atoms with E-state index in [0.29, 0.717) is 21.2 Å². The van der Waals surface area contributed by atoms with Gasteiger partial charge in [0.1, 0.15) is 11.5 Å². The van der Waals surface area contributed by atoms with Gasteiger partial charge in [0.25, 0.3) is 0 Å². The number of rotatable bonds is 11. The van der Waals surface area contributed by atoms with Crippen molar-refractivity contribution in [2.24, 2.45) is 0 Å². The van der Waals surface area contributed by atoms with Gasteiger partial charge in [-0.1, -0.05) is 35.3 Å². The third-order valence-electron chi connectivity index (χ3n) is 4.33. The van der Waals surface area contributed by atoms with Crippen LogP contribution >= 0.6 is 23.2 Å². The van der Waals surface area contributed by atoms with Crippen LogP contribution < -0.4 is 0 Å². The van der Waals surface area contributed by atoms with Gasteiger partial charge in [0.05, 0.1) is 13.1 Å². The van der Waals surface area contributed by atoms with Crippen molar-refractivity contribution in [2.45, 2.75) is 13.1 Å². The van der Waals surface area contributed by atoms with Crippen LogP contribution in [0.25, 0.3) is 0 Å². The van der Waals surface area contributed by atoms with E-state index < -0.39 is 11.9 Å². The van der Waals surface area contributed by atoms with Gasteiger partial charge in [-0.25, -0.2) is 0 Å². The Morgan fingerprint density at radius 3 is 1.40 bits per heavy atom. The van der Waals surface area contributed by atoms with Gasteiger partial charge in [0, 0.05) is 47.4 Å². The van der Waals surface area contributed by atoms with Gasteiger partial charge in [-0.2, -0.15) is 0 Å². The fraction of sp³-hybridized carbons (Fsp3) is 0.300. The van der Waals surface area contributed by atoms with Crippen LogP contribution in [0.15, 0.2) is 36.4 Å². The van der Waals surface area contributed by atoms with E-state index in [1.165, 1.54) is 12.1 Å². The highest BCUT2D eigenvalue weighted by Crippen LogP contribution is 2.24. The molecule has 2 rings (SSSR count). The summed E-state index contributed by atoms with van der Waals surface area (Å²) in [6.07, 6.45) is 0. The van der Waals surface area contributed by atoms with E-state index in [9.17, 15) is 30.0 Å². The van der Waals surface area contributed by atoms with Crippen LogP contribution in [0.4, 0.5) is 0 Å². The Labute approximate surface area is 183 Å². The molecule has 4 N–H and O–H groups in total. The quantitative estimate of drug-likeness (QED) is 0.407. The molecule has 0 aromatic heterocycles. The van der Waals surface area contributed by atoms with Crippen LogP contribution in [0, 0.1) is 0 Å². The Balaban J connectivity index is 2.11. The van der Waals surface area contributed by atoms with Gasteiger partial charge in [-0.15, -0.1) is 0 Å². The number of carboxylic acid groups (broad SMARTS) is 2. The van der Waals surface area contributed by atoms with E-state index in [0.717, 1.165) is 0 Å². The molecule has 0 aliphatic carbocycles. The van der Waals surface area contributed by atoms with Crippen molar-refractivity contribution >= 4 is 35.1 Å². The van der Waals surface area contributed by atoms with Crippen molar-refractivity contribution in [3.05, 3.63) is 57.6 Å². The Bertz CT molecular complexity index is 835. The van der Waals surface area contributed by atoms with Gasteiger partial charge in [-0.3, -0.25) is 19.4 Å². The molecule has 0 saturated heterocycles. The zero-order valence-corrected chi connectivity index (χ0v) is 17.5. The van der Waals surface area contributed by atoms with Crippen molar-refractivity contribution in [1.29, 1.82) is 0 Å². The van der Waals surface area contributed by atoms with Crippen molar-refractivity contribution in [3.8, 4) is 11.5 Å². The fourth-order valence-corrected chi connectivity index (χ4v) is 3.25. The first-order chi connectivity index (χ1) is 14.1. The lowest BCUT2D eigenvalue weighted by atomic mass is 10.1. The van der Waals surface area contributed by atoms with Gasteiger partial charge in [-0.05, 0) is 24.3 Å². The Kier molecular flexibility index (Phi) is 8.73. The number of carboxylic acids is 2. The average molecular weight is 457 g/mol. The average Bonchev–Trinajstić information content (AvgIpc) is 2.63. The number of aliphatic carboxylic acids is 2. The van der Waals surface area contributed by atoms with Crippen LogP contribution in [-0.2, 0) is 22.7 Å². The number of aromatic hydroxyl groups is 2. The molecule has 0 aliphatic rings. The summed E-state index contributed by atoms with van der Waals surface area (Å²) in [5.41, 5.74) is 1.00. The number of benzene rings is 2. The number of phenols is 2. The maximum atomic E-state index is 11.3. The summed E-state index contributed by atoms with van der Waals surface area (Å²) < 4.78 is 0. The second kappa shape index (κ2) is 11.0. The van der Waals surface area contributed by atoms with Gasteiger partial charge in [0.2, 0.25) is 0 Å². The molecule has 0 unspecified atom stereocenters. The third-order valence-corrected chi connectivity index (χ3v) is 4.80. The normalized spacial score (nSPS) is 11.2. The maximum Gasteiger partial charge on any atom is 0.317 e. The third kappa shape index (κ3) is 7.72. The number of halogens is 2. The summed E-state index contributed by atoms with van der Waals surface area (Å²) in [5, 5.41) is 39.2. The summed E-state index contributed by atoms with van der Waals surface area (Å²) in [6, 6.07) is 9.14. The van der Waals surface area contributed by atoms with Gasteiger partial charge in [0.15, 0.2) is 0 Å². The molecular weight excluding hydrogens is 435 g/mol. The first kappa shape index (κ1) is 23.8. The molecule has 0 radical (unpaired) electrons. The van der Waals surface area contributed by atoms with E-state index in [1.54, 1.807) is 34.1 Å². The van der Waals surface area contributed by atoms with E-state index >= 15 is 0 Å². The predicted molar refractivity (Wildman–Crippen MR) is 112 cm³/mol. The number of phenolic OH excluding ortho intramolecular Hbond substituents is 2. The molecule has 2 aromatic rings. The number of hydrogen-bond acceptors (Lipinski definition) is 6. The zero-order valence-electron chi connectivity index (χ0n) is 16.0. The van der Waals surface area contributed by atoms with Crippen LogP contribution in [0.1, 0.15) is 11.1 Å². The monoisotopic (exact) mass is 456 g/mol. The minimum Gasteiger partial charge on any atom is -0.508 e. The molecular formula is C20H22Cl2N2O6. The molecule has 162 valence electrons. The second-order valence-corrected chi connectivity index (χ2v) is 7.63. The Morgan fingerprint density at radius 2 is 1.10 bits per heavy atom. The first-order valence-electron chi connectivity index (χ1n) is 8.97. The Hall–Kier alpha value is -2.52. The molecule has 0 bridgehead atoms. The van der Waals surface area contributed by atoms with Crippen molar-refractivity contribution in [3.63, 3.8) is 0 Å². The van der Waals surface area contributed by atoms with E-state index in [1.807, 2.05) is 0 Å². The molecule has 0 saturated carbocycles. The molecule has 0 aliphatic heterocycles. The molecule has 8 nitrogen and oxygen atoms in total. The first-order valence-corrected chi connectivity index (χ1v) is 9.72. The highest BCUT2D eigenvalue weighted by molar-refractivity contribution is 6.31. The van der Waals surface area contributed by atoms with Gasteiger partial charge < -0.3 is 20.4 Å². The van der Waals surface area contributed by atoms with Crippen LogP contribution in [0.5, 0.6) is 11.5 Å². The molecule has 0 fully saturated rings. The van der Waals surface area contributed by atoms with E-state index in [4.69, 9.17) is 23.2 Å². The lowest BCUT2D eigenvalue weighted by molar-refractivity contribution is -0.140. The minimum atomic E-state index is -1.05. The molecule has 0 heterocycles. The Morgan fingerprint density at radius 1 is 0.733 bits per heavy atom. The van der Waals surface area contributed by atoms with E-state index in [2.05, 4.69) is 0 Å². The van der Waals surface area contributed by atoms with Crippen molar-refractivity contribution < 1.29 is 30.0 Å². The summed E-state index contributed by atoms with van der Waals surface area (Å²) >= 11 is 11.7. The molecule has 2 aromatic carbocycles. The maximum absolute atomic E-state index is 11.3. The molecule has 0 amide bonds. The van der Waals surface area contributed by atoms with Crippen LogP contribution in [0.3, 0.4) is 0 Å². The summed E-state index contributed by atoms with van der Waals surface area (Å²) in [6.45, 7) is 0.126. The standard InChI is InChI=1S/C20H22Cl2N2O6/c21-15-3-1-13(17(25)7-15)9-23(11-19(27)28)5-6-24(12-20(29)30)10-14-2-4-16(22)8-18(14)26/h1-4,7-8,25-26H,5-6,9-12H2,(H,27,28)(H,29,30).